The van der Waals surface area contributed by atoms with Crippen molar-refractivity contribution in [1.29, 1.82) is 0 Å². The number of halogens is 1. The van der Waals surface area contributed by atoms with Crippen LogP contribution >= 0.6 is 12.4 Å². The Morgan fingerprint density at radius 2 is 1.80 bits per heavy atom. The second-order valence-electron chi connectivity index (χ2n) is 7.09. The molecule has 2 heterocycles. The van der Waals surface area contributed by atoms with Gasteiger partial charge in [0.1, 0.15) is 5.92 Å². The molecule has 0 radical (unpaired) electrons. The van der Waals surface area contributed by atoms with Crippen molar-refractivity contribution in [2.24, 2.45) is 5.92 Å². The third-order valence-electron chi connectivity index (χ3n) is 5.16. The molecule has 0 saturated carbocycles. The molecule has 2 aliphatic rings. The first-order valence-electron chi connectivity index (χ1n) is 8.85. The third kappa shape index (κ3) is 4.15. The van der Waals surface area contributed by atoms with Crippen LogP contribution in [0.5, 0.6) is 0 Å². The van der Waals surface area contributed by atoms with Crippen molar-refractivity contribution in [1.82, 2.24) is 10.2 Å². The van der Waals surface area contributed by atoms with Gasteiger partial charge >= 0.3 is 0 Å². The van der Waals surface area contributed by atoms with E-state index in [-0.39, 0.29) is 24.2 Å². The molecule has 138 valence electrons. The number of carbonyl (C=O) groups is 2. The number of nitrogens with one attached hydrogen (secondary N) is 1. The molecule has 5 nitrogen and oxygen atoms in total. The van der Waals surface area contributed by atoms with Crippen molar-refractivity contribution in [2.75, 3.05) is 31.6 Å². The summed E-state index contributed by atoms with van der Waals surface area (Å²) in [6.07, 6.45) is 2.71. The highest BCUT2D eigenvalue weighted by molar-refractivity contribution is 6.09. The number of amides is 2. The van der Waals surface area contributed by atoms with E-state index in [9.17, 15) is 9.59 Å². The molecule has 2 atom stereocenters. The summed E-state index contributed by atoms with van der Waals surface area (Å²) in [6, 6.07) is 6.48. The molecule has 0 aromatic heterocycles. The van der Waals surface area contributed by atoms with Gasteiger partial charge < -0.3 is 15.1 Å². The topological polar surface area (TPSA) is 52.7 Å². The highest BCUT2D eigenvalue weighted by Gasteiger charge is 2.40. The normalized spacial score (nSPS) is 23.6. The summed E-state index contributed by atoms with van der Waals surface area (Å²) in [5.74, 6) is -0.551. The van der Waals surface area contributed by atoms with E-state index in [1.165, 1.54) is 0 Å². The molecule has 3 rings (SSSR count). The van der Waals surface area contributed by atoms with Gasteiger partial charge in [-0.3, -0.25) is 9.59 Å². The lowest BCUT2D eigenvalue weighted by atomic mass is 10.0. The van der Waals surface area contributed by atoms with Crippen molar-refractivity contribution in [3.05, 3.63) is 29.3 Å². The zero-order valence-electron chi connectivity index (χ0n) is 15.2. The van der Waals surface area contributed by atoms with Crippen molar-refractivity contribution < 1.29 is 9.59 Å². The summed E-state index contributed by atoms with van der Waals surface area (Å²) in [7, 11) is 1.93. The molecule has 1 aromatic rings. The zero-order valence-corrected chi connectivity index (χ0v) is 16.1. The van der Waals surface area contributed by atoms with E-state index in [1.807, 2.05) is 37.9 Å². The molecule has 2 saturated heterocycles. The molecular weight excluding hydrogens is 338 g/mol. The highest BCUT2D eigenvalue weighted by atomic mass is 35.5. The van der Waals surface area contributed by atoms with E-state index >= 15 is 0 Å². The second kappa shape index (κ2) is 8.19. The number of rotatable bonds is 3. The first-order chi connectivity index (χ1) is 11.5. The van der Waals surface area contributed by atoms with E-state index in [2.05, 4.69) is 11.4 Å². The Morgan fingerprint density at radius 1 is 1.12 bits per heavy atom. The van der Waals surface area contributed by atoms with E-state index < -0.39 is 5.92 Å². The number of anilines is 1. The number of hydrogen-bond acceptors (Lipinski definition) is 3. The second-order valence-corrected chi connectivity index (χ2v) is 7.09. The van der Waals surface area contributed by atoms with Gasteiger partial charge in [0.05, 0.1) is 0 Å². The average molecular weight is 366 g/mol. The molecule has 0 bridgehead atoms. The van der Waals surface area contributed by atoms with Gasteiger partial charge in [0.15, 0.2) is 0 Å². The maximum Gasteiger partial charge on any atom is 0.239 e. The fraction of sp³-hybridized carbons (Fsp3) is 0.579. The monoisotopic (exact) mass is 365 g/mol. The lowest BCUT2D eigenvalue weighted by Crippen LogP contribution is -2.49. The standard InChI is InChI=1S/C19H27N3O2.ClH/c1-13-9-14(2)11-16(10-13)22-8-6-17(19(22)24)18(23)21-7-4-5-15(12-21)20-3;/h9-11,15,17,20H,4-8,12H2,1-3H3;1H. The largest absolute Gasteiger partial charge is 0.340 e. The zero-order chi connectivity index (χ0) is 17.3. The van der Waals surface area contributed by atoms with Gasteiger partial charge in [-0.1, -0.05) is 6.07 Å². The number of likely N-dealkylation sites (tertiary alicyclic amines) is 1. The smallest absolute Gasteiger partial charge is 0.239 e. The molecule has 2 unspecified atom stereocenters. The van der Waals surface area contributed by atoms with Crippen LogP contribution in [0.1, 0.15) is 30.4 Å². The number of likely N-dealkylation sites (N-methyl/N-ethyl adjacent to an activating group) is 1. The lowest BCUT2D eigenvalue weighted by Gasteiger charge is -2.33. The summed E-state index contributed by atoms with van der Waals surface area (Å²) in [4.78, 5) is 29.3. The molecule has 0 spiro atoms. The molecule has 25 heavy (non-hydrogen) atoms. The Labute approximate surface area is 156 Å². The van der Waals surface area contributed by atoms with Crippen LogP contribution in [-0.4, -0.2) is 49.4 Å². The van der Waals surface area contributed by atoms with Gasteiger partial charge in [0.2, 0.25) is 11.8 Å². The Morgan fingerprint density at radius 3 is 2.44 bits per heavy atom. The summed E-state index contributed by atoms with van der Waals surface area (Å²) < 4.78 is 0. The molecule has 1 N–H and O–H groups in total. The minimum Gasteiger partial charge on any atom is -0.340 e. The fourth-order valence-corrected chi connectivity index (χ4v) is 3.91. The molecular formula is C19H28ClN3O2. The molecule has 2 aliphatic heterocycles. The summed E-state index contributed by atoms with van der Waals surface area (Å²) in [5.41, 5.74) is 3.19. The number of aryl methyl sites for hydroxylation is 2. The van der Waals surface area contributed by atoms with Crippen molar-refractivity contribution >= 4 is 29.9 Å². The van der Waals surface area contributed by atoms with Crippen molar-refractivity contribution in [3.8, 4) is 0 Å². The molecule has 6 heteroatoms. The van der Waals surface area contributed by atoms with Crippen LogP contribution < -0.4 is 10.2 Å². The number of nitrogens with zero attached hydrogens (tertiary/aromatic N) is 2. The average Bonchev–Trinajstić information content (AvgIpc) is 2.95. The number of piperidine rings is 1. The van der Waals surface area contributed by atoms with Crippen LogP contribution in [0, 0.1) is 19.8 Å². The minimum absolute atomic E-state index is 0. The van der Waals surface area contributed by atoms with Crippen LogP contribution in [-0.2, 0) is 9.59 Å². The Bertz CT molecular complexity index is 629. The number of hydrogen-bond donors (Lipinski definition) is 1. The molecule has 2 amide bonds. The molecule has 0 aliphatic carbocycles. The molecule has 2 fully saturated rings. The highest BCUT2D eigenvalue weighted by Crippen LogP contribution is 2.28. The van der Waals surface area contributed by atoms with Crippen LogP contribution in [0.2, 0.25) is 0 Å². The van der Waals surface area contributed by atoms with Crippen LogP contribution in [0.3, 0.4) is 0 Å². The third-order valence-corrected chi connectivity index (χ3v) is 5.16. The van der Waals surface area contributed by atoms with Gasteiger partial charge in [0.25, 0.3) is 0 Å². The Kier molecular flexibility index (Phi) is 6.47. The van der Waals surface area contributed by atoms with Crippen LogP contribution in [0.25, 0.3) is 0 Å². The predicted octanol–water partition coefficient (Wildman–Crippen LogP) is 2.29. The van der Waals surface area contributed by atoms with E-state index in [0.717, 1.165) is 36.2 Å². The summed E-state index contributed by atoms with van der Waals surface area (Å²) in [5, 5.41) is 3.25. The maximum absolute atomic E-state index is 12.8. The van der Waals surface area contributed by atoms with Gasteiger partial charge in [0, 0.05) is 31.4 Å². The summed E-state index contributed by atoms with van der Waals surface area (Å²) in [6.45, 7) is 6.17. The van der Waals surface area contributed by atoms with Gasteiger partial charge in [-0.15, -0.1) is 12.4 Å². The Balaban J connectivity index is 0.00000225. The molecule has 1 aromatic carbocycles. The first-order valence-corrected chi connectivity index (χ1v) is 8.85. The first kappa shape index (κ1) is 19.7. The number of carbonyl (C=O) groups excluding carboxylic acids is 2. The van der Waals surface area contributed by atoms with E-state index in [1.54, 1.807) is 4.90 Å². The van der Waals surface area contributed by atoms with Gasteiger partial charge in [-0.2, -0.15) is 0 Å². The number of benzene rings is 1. The predicted molar refractivity (Wildman–Crippen MR) is 102 cm³/mol. The van der Waals surface area contributed by atoms with Gasteiger partial charge in [-0.25, -0.2) is 0 Å². The van der Waals surface area contributed by atoms with Crippen molar-refractivity contribution in [3.63, 3.8) is 0 Å². The summed E-state index contributed by atoms with van der Waals surface area (Å²) >= 11 is 0. The Hall–Kier alpha value is -1.59. The van der Waals surface area contributed by atoms with E-state index in [4.69, 9.17) is 0 Å². The maximum atomic E-state index is 12.8. The lowest BCUT2D eigenvalue weighted by molar-refractivity contribution is -0.140. The van der Waals surface area contributed by atoms with E-state index in [0.29, 0.717) is 25.6 Å². The van der Waals surface area contributed by atoms with Crippen LogP contribution in [0.15, 0.2) is 18.2 Å². The fourth-order valence-electron chi connectivity index (χ4n) is 3.91. The quantitative estimate of drug-likeness (QED) is 0.836. The van der Waals surface area contributed by atoms with Gasteiger partial charge in [-0.05, 0) is 63.4 Å². The SMILES string of the molecule is CNC1CCCN(C(=O)C2CCN(c3cc(C)cc(C)c3)C2=O)C1.Cl. The minimum atomic E-state index is -0.513. The van der Waals surface area contributed by atoms with Crippen molar-refractivity contribution in [2.45, 2.75) is 39.2 Å². The van der Waals surface area contributed by atoms with Crippen LogP contribution in [0.4, 0.5) is 5.69 Å².